The molecule has 5 heteroatoms. The van der Waals surface area contributed by atoms with Gasteiger partial charge in [-0.1, -0.05) is 20.8 Å². The average molecular weight is 303 g/mol. The van der Waals surface area contributed by atoms with Gasteiger partial charge in [0.05, 0.1) is 0 Å². The Kier molecular flexibility index (Phi) is 3.85. The predicted octanol–water partition coefficient (Wildman–Crippen LogP) is 1.53. The zero-order chi connectivity index (χ0) is 15.9. The van der Waals surface area contributed by atoms with E-state index < -0.39 is 0 Å². The molecule has 2 heterocycles. The first-order chi connectivity index (χ1) is 10.4. The number of carbonyl (C=O) groups is 1. The number of carbonyl (C=O) groups excluding carboxylic acids is 1. The number of nitrogens with zero attached hydrogens (tertiary/aromatic N) is 2. The van der Waals surface area contributed by atoms with E-state index in [-0.39, 0.29) is 22.9 Å². The Labute approximate surface area is 131 Å². The average Bonchev–Trinajstić information content (AvgIpc) is 3.30. The number of hydrogen-bond acceptors (Lipinski definition) is 3. The minimum Gasteiger partial charge on any atom is -0.336 e. The second-order valence-corrected chi connectivity index (χ2v) is 7.33. The second kappa shape index (κ2) is 5.54. The van der Waals surface area contributed by atoms with Crippen molar-refractivity contribution in [3.8, 4) is 0 Å². The Morgan fingerprint density at radius 1 is 1.18 bits per heavy atom. The van der Waals surface area contributed by atoms with Crippen LogP contribution in [0.5, 0.6) is 0 Å². The van der Waals surface area contributed by atoms with Crippen molar-refractivity contribution in [2.75, 3.05) is 26.2 Å². The van der Waals surface area contributed by atoms with Crippen molar-refractivity contribution in [1.29, 1.82) is 0 Å². The molecular weight excluding hydrogens is 278 g/mol. The molecule has 2 fully saturated rings. The molecule has 0 spiro atoms. The maximum absolute atomic E-state index is 12.9. The first-order valence-electron chi connectivity index (χ1n) is 8.15. The van der Waals surface area contributed by atoms with Gasteiger partial charge in [-0.3, -0.25) is 9.59 Å². The maximum atomic E-state index is 12.9. The highest BCUT2D eigenvalue weighted by atomic mass is 16.2. The van der Waals surface area contributed by atoms with Crippen molar-refractivity contribution in [3.63, 3.8) is 0 Å². The van der Waals surface area contributed by atoms with E-state index >= 15 is 0 Å². The summed E-state index contributed by atoms with van der Waals surface area (Å²) in [5.41, 5.74) is 1.13. The number of amides is 1. The van der Waals surface area contributed by atoms with Crippen LogP contribution in [0.25, 0.3) is 0 Å². The first kappa shape index (κ1) is 15.3. The second-order valence-electron chi connectivity index (χ2n) is 7.33. The van der Waals surface area contributed by atoms with E-state index in [1.807, 2.05) is 10.6 Å². The third-order valence-corrected chi connectivity index (χ3v) is 4.43. The van der Waals surface area contributed by atoms with Crippen LogP contribution in [0.4, 0.5) is 0 Å². The van der Waals surface area contributed by atoms with Gasteiger partial charge in [-0.15, -0.1) is 0 Å². The number of nitrogens with one attached hydrogen (secondary N) is 1. The van der Waals surface area contributed by atoms with E-state index in [1.165, 1.54) is 0 Å². The van der Waals surface area contributed by atoms with Crippen LogP contribution >= 0.6 is 0 Å². The van der Waals surface area contributed by atoms with Gasteiger partial charge < -0.3 is 14.8 Å². The van der Waals surface area contributed by atoms with Gasteiger partial charge in [0.15, 0.2) is 0 Å². The largest absolute Gasteiger partial charge is 0.336 e. The Bertz CT molecular complexity index is 632. The molecule has 1 saturated heterocycles. The molecule has 22 heavy (non-hydrogen) atoms. The van der Waals surface area contributed by atoms with Crippen LogP contribution in [0.15, 0.2) is 16.9 Å². The maximum Gasteiger partial charge on any atom is 0.263 e. The van der Waals surface area contributed by atoms with Gasteiger partial charge in [-0.2, -0.15) is 0 Å². The summed E-state index contributed by atoms with van der Waals surface area (Å²) in [7, 11) is 0. The number of aromatic nitrogens is 1. The zero-order valence-corrected chi connectivity index (χ0v) is 13.7. The van der Waals surface area contributed by atoms with Crippen LogP contribution in [0.2, 0.25) is 0 Å². The molecule has 1 amide bonds. The third-order valence-electron chi connectivity index (χ3n) is 4.43. The monoisotopic (exact) mass is 303 g/mol. The molecular formula is C17H25N3O2. The lowest BCUT2D eigenvalue weighted by Crippen LogP contribution is -2.48. The van der Waals surface area contributed by atoms with Crippen LogP contribution in [-0.2, 0) is 5.41 Å². The van der Waals surface area contributed by atoms with Crippen LogP contribution < -0.4 is 10.9 Å². The molecule has 2 aliphatic rings. The van der Waals surface area contributed by atoms with E-state index in [4.69, 9.17) is 0 Å². The van der Waals surface area contributed by atoms with Crippen LogP contribution in [0.1, 0.15) is 55.7 Å². The fraction of sp³-hybridized carbons (Fsp3) is 0.647. The van der Waals surface area contributed by atoms with E-state index in [0.29, 0.717) is 18.7 Å². The van der Waals surface area contributed by atoms with Crippen molar-refractivity contribution in [2.24, 2.45) is 0 Å². The van der Waals surface area contributed by atoms with E-state index in [1.54, 1.807) is 11.0 Å². The molecule has 0 bridgehead atoms. The van der Waals surface area contributed by atoms with Gasteiger partial charge in [-0.05, 0) is 25.0 Å². The fourth-order valence-corrected chi connectivity index (χ4v) is 3.06. The molecule has 0 aromatic carbocycles. The Morgan fingerprint density at radius 2 is 1.82 bits per heavy atom. The summed E-state index contributed by atoms with van der Waals surface area (Å²) in [4.78, 5) is 27.3. The molecule has 0 radical (unpaired) electrons. The van der Waals surface area contributed by atoms with Gasteiger partial charge in [0, 0.05) is 43.3 Å². The van der Waals surface area contributed by atoms with Crippen molar-refractivity contribution >= 4 is 5.91 Å². The van der Waals surface area contributed by atoms with Gasteiger partial charge in [0.2, 0.25) is 0 Å². The fourth-order valence-electron chi connectivity index (χ4n) is 3.06. The highest BCUT2D eigenvalue weighted by Crippen LogP contribution is 2.37. The van der Waals surface area contributed by atoms with Gasteiger partial charge >= 0.3 is 0 Å². The lowest BCUT2D eigenvalue weighted by atomic mass is 9.90. The van der Waals surface area contributed by atoms with Crippen LogP contribution in [0, 0.1) is 0 Å². The van der Waals surface area contributed by atoms with E-state index in [2.05, 4.69) is 26.1 Å². The SMILES string of the molecule is CC(C)(C)c1ccc(C(=O)N2CCNCC2)c(=O)n1C1CC1. The summed E-state index contributed by atoms with van der Waals surface area (Å²) in [5, 5.41) is 3.23. The van der Waals surface area contributed by atoms with Gasteiger partial charge in [-0.25, -0.2) is 0 Å². The molecule has 0 atom stereocenters. The normalized spacial score (nSPS) is 19.3. The molecule has 5 nitrogen and oxygen atoms in total. The topological polar surface area (TPSA) is 54.3 Å². The van der Waals surface area contributed by atoms with Crippen molar-refractivity contribution in [1.82, 2.24) is 14.8 Å². The summed E-state index contributed by atoms with van der Waals surface area (Å²) in [6.45, 7) is 9.26. The molecule has 3 rings (SSSR count). The summed E-state index contributed by atoms with van der Waals surface area (Å²) in [6, 6.07) is 3.97. The van der Waals surface area contributed by atoms with Gasteiger partial charge in [0.25, 0.3) is 11.5 Å². The Morgan fingerprint density at radius 3 is 2.36 bits per heavy atom. The molecule has 1 aliphatic heterocycles. The lowest BCUT2D eigenvalue weighted by Gasteiger charge is -2.28. The molecule has 0 unspecified atom stereocenters. The Balaban J connectivity index is 2.01. The molecule has 1 aliphatic carbocycles. The smallest absolute Gasteiger partial charge is 0.263 e. The van der Waals surface area contributed by atoms with E-state index in [0.717, 1.165) is 31.6 Å². The Hall–Kier alpha value is -1.62. The summed E-state index contributed by atoms with van der Waals surface area (Å²) in [5.74, 6) is -0.124. The lowest BCUT2D eigenvalue weighted by molar-refractivity contribution is 0.0733. The highest BCUT2D eigenvalue weighted by Gasteiger charge is 2.32. The molecule has 1 aromatic heterocycles. The molecule has 120 valence electrons. The van der Waals surface area contributed by atoms with Crippen LogP contribution in [0.3, 0.4) is 0 Å². The number of pyridine rings is 1. The van der Waals surface area contributed by atoms with Crippen molar-refractivity contribution < 1.29 is 4.79 Å². The minimum absolute atomic E-state index is 0.0988. The predicted molar refractivity (Wildman–Crippen MR) is 86.4 cm³/mol. The summed E-state index contributed by atoms with van der Waals surface area (Å²) < 4.78 is 1.87. The number of rotatable bonds is 2. The summed E-state index contributed by atoms with van der Waals surface area (Å²) >= 11 is 0. The standard InChI is InChI=1S/C17H25N3O2/c1-17(2,3)14-7-6-13(16(22)20(14)12-4-5-12)15(21)19-10-8-18-9-11-19/h6-7,12,18H,4-5,8-11H2,1-3H3. The van der Waals surface area contributed by atoms with Crippen LogP contribution in [-0.4, -0.2) is 41.6 Å². The third kappa shape index (κ3) is 2.82. The minimum atomic E-state index is -0.124. The quantitative estimate of drug-likeness (QED) is 0.901. The number of piperazine rings is 1. The highest BCUT2D eigenvalue weighted by molar-refractivity contribution is 5.94. The van der Waals surface area contributed by atoms with Crippen molar-refractivity contribution in [2.45, 2.75) is 45.1 Å². The molecule has 1 saturated carbocycles. The van der Waals surface area contributed by atoms with E-state index in [9.17, 15) is 9.59 Å². The first-order valence-corrected chi connectivity index (χ1v) is 8.15. The van der Waals surface area contributed by atoms with Gasteiger partial charge in [0.1, 0.15) is 5.56 Å². The molecule has 1 aromatic rings. The molecule has 1 N–H and O–H groups in total. The zero-order valence-electron chi connectivity index (χ0n) is 13.7. The number of hydrogen-bond donors (Lipinski definition) is 1. The summed E-state index contributed by atoms with van der Waals surface area (Å²) in [6.07, 6.45) is 2.07. The van der Waals surface area contributed by atoms with Crippen molar-refractivity contribution in [3.05, 3.63) is 33.7 Å².